The molecular weight excluding hydrogens is 192 g/mol. The predicted octanol–water partition coefficient (Wildman–Crippen LogP) is 1.57. The molecule has 3 nitrogen and oxygen atoms in total. The predicted molar refractivity (Wildman–Crippen MR) is 56.2 cm³/mol. The first-order valence-corrected chi connectivity index (χ1v) is 4.98. The lowest BCUT2D eigenvalue weighted by Crippen LogP contribution is -2.39. The maximum atomic E-state index is 10.6. The van der Waals surface area contributed by atoms with Gasteiger partial charge in [0.2, 0.25) is 0 Å². The molecule has 15 heavy (non-hydrogen) atoms. The molecule has 0 spiro atoms. The molecule has 0 amide bonds. The van der Waals surface area contributed by atoms with Crippen molar-refractivity contribution < 1.29 is 14.6 Å². The van der Waals surface area contributed by atoms with Crippen LogP contribution in [0.4, 0.5) is 0 Å². The number of fused-ring (bicyclic) bond motifs is 1. The van der Waals surface area contributed by atoms with E-state index in [1.807, 2.05) is 6.07 Å². The summed E-state index contributed by atoms with van der Waals surface area (Å²) in [6.07, 6.45) is 1.24. The molecule has 0 aromatic heterocycles. The molecule has 1 aliphatic heterocycles. The van der Waals surface area contributed by atoms with Crippen LogP contribution in [0.15, 0.2) is 18.2 Å². The maximum Gasteiger partial charge on any atom is 0.150 e. The number of hydrogen-bond donors (Lipinski definition) is 1. The van der Waals surface area contributed by atoms with Gasteiger partial charge in [-0.05, 0) is 37.6 Å². The second kappa shape index (κ2) is 3.35. The Labute approximate surface area is 88.7 Å². The fraction of sp³-hybridized carbons (Fsp3) is 0.417. The van der Waals surface area contributed by atoms with Gasteiger partial charge in [-0.3, -0.25) is 4.79 Å². The van der Waals surface area contributed by atoms with E-state index >= 15 is 0 Å². The zero-order chi connectivity index (χ0) is 11.1. The zero-order valence-electron chi connectivity index (χ0n) is 8.86. The lowest BCUT2D eigenvalue weighted by atomic mass is 9.97. The number of hydrogen-bond acceptors (Lipinski definition) is 3. The Balaban J connectivity index is 2.27. The molecule has 1 N–H and O–H groups in total. The summed E-state index contributed by atoms with van der Waals surface area (Å²) in [5.41, 5.74) is 0.779. The fourth-order valence-corrected chi connectivity index (χ4v) is 1.74. The van der Waals surface area contributed by atoms with Crippen LogP contribution in [0.25, 0.3) is 0 Å². The van der Waals surface area contributed by atoms with Crippen LogP contribution in [0, 0.1) is 0 Å². The zero-order valence-corrected chi connectivity index (χ0v) is 8.86. The Morgan fingerprint density at radius 2 is 2.27 bits per heavy atom. The number of benzene rings is 1. The minimum Gasteiger partial charge on any atom is -0.487 e. The highest BCUT2D eigenvalue weighted by Crippen LogP contribution is 2.33. The highest BCUT2D eigenvalue weighted by atomic mass is 16.5. The van der Waals surface area contributed by atoms with Crippen LogP contribution < -0.4 is 4.74 Å². The molecule has 0 unspecified atom stereocenters. The Morgan fingerprint density at radius 3 is 2.87 bits per heavy atom. The Bertz CT molecular complexity index is 390. The van der Waals surface area contributed by atoms with E-state index in [9.17, 15) is 9.90 Å². The maximum absolute atomic E-state index is 10.6. The molecule has 1 aliphatic rings. The highest BCUT2D eigenvalue weighted by Gasteiger charge is 2.34. The summed E-state index contributed by atoms with van der Waals surface area (Å²) in [7, 11) is 0. The van der Waals surface area contributed by atoms with Gasteiger partial charge >= 0.3 is 0 Å². The van der Waals surface area contributed by atoms with Crippen LogP contribution in [0.3, 0.4) is 0 Å². The molecule has 1 aromatic carbocycles. The van der Waals surface area contributed by atoms with Crippen molar-refractivity contribution in [1.82, 2.24) is 0 Å². The van der Waals surface area contributed by atoms with Gasteiger partial charge in [0.1, 0.15) is 18.1 Å². The van der Waals surface area contributed by atoms with Gasteiger partial charge in [0, 0.05) is 12.0 Å². The Morgan fingerprint density at radius 1 is 1.53 bits per heavy atom. The summed E-state index contributed by atoms with van der Waals surface area (Å²) >= 11 is 0. The molecule has 1 atom stereocenters. The quantitative estimate of drug-likeness (QED) is 0.747. The summed E-state index contributed by atoms with van der Waals surface area (Å²) in [5, 5.41) is 9.82. The summed E-state index contributed by atoms with van der Waals surface area (Å²) in [6.45, 7) is 3.45. The SMILES string of the molecule is CC(C)(O)[C@H]1Cc2cc(C=O)ccc2O1. The van der Waals surface area contributed by atoms with Gasteiger partial charge in [0.25, 0.3) is 0 Å². The number of carbonyl (C=O) groups is 1. The third-order valence-corrected chi connectivity index (χ3v) is 2.68. The lowest BCUT2D eigenvalue weighted by molar-refractivity contribution is -0.0229. The van der Waals surface area contributed by atoms with Crippen molar-refractivity contribution in [3.8, 4) is 5.75 Å². The van der Waals surface area contributed by atoms with Gasteiger partial charge in [-0.1, -0.05) is 0 Å². The first kappa shape index (κ1) is 10.2. The molecule has 0 radical (unpaired) electrons. The molecule has 0 saturated carbocycles. The van der Waals surface area contributed by atoms with E-state index in [1.54, 1.807) is 26.0 Å². The molecule has 2 rings (SSSR count). The minimum atomic E-state index is -0.861. The van der Waals surface area contributed by atoms with Crippen LogP contribution in [0.5, 0.6) is 5.75 Å². The Hall–Kier alpha value is -1.35. The van der Waals surface area contributed by atoms with E-state index in [1.165, 1.54) is 0 Å². The first-order valence-electron chi connectivity index (χ1n) is 4.98. The van der Waals surface area contributed by atoms with Gasteiger partial charge < -0.3 is 9.84 Å². The lowest BCUT2D eigenvalue weighted by Gasteiger charge is -2.24. The van der Waals surface area contributed by atoms with E-state index < -0.39 is 5.60 Å². The fourth-order valence-electron chi connectivity index (χ4n) is 1.74. The van der Waals surface area contributed by atoms with E-state index in [0.717, 1.165) is 17.6 Å². The van der Waals surface area contributed by atoms with Crippen LogP contribution in [0.2, 0.25) is 0 Å². The topological polar surface area (TPSA) is 46.5 Å². The molecule has 1 aromatic rings. The molecule has 1 heterocycles. The first-order chi connectivity index (χ1) is 7.00. The van der Waals surface area contributed by atoms with Gasteiger partial charge in [0.05, 0.1) is 5.60 Å². The summed E-state index contributed by atoms with van der Waals surface area (Å²) in [6, 6.07) is 5.32. The second-order valence-corrected chi connectivity index (χ2v) is 4.45. The van der Waals surface area contributed by atoms with Crippen molar-refractivity contribution >= 4 is 6.29 Å². The number of rotatable bonds is 2. The number of carbonyl (C=O) groups excluding carboxylic acids is 1. The van der Waals surface area contributed by atoms with Crippen LogP contribution >= 0.6 is 0 Å². The summed E-state index contributed by atoms with van der Waals surface area (Å²) < 4.78 is 5.60. The Kier molecular flexibility index (Phi) is 2.27. The normalized spacial score (nSPS) is 19.5. The van der Waals surface area contributed by atoms with Crippen molar-refractivity contribution in [2.45, 2.75) is 32.0 Å². The number of ether oxygens (including phenoxy) is 1. The largest absolute Gasteiger partial charge is 0.487 e. The second-order valence-electron chi connectivity index (χ2n) is 4.45. The third-order valence-electron chi connectivity index (χ3n) is 2.68. The van der Waals surface area contributed by atoms with Crippen molar-refractivity contribution in [2.75, 3.05) is 0 Å². The van der Waals surface area contributed by atoms with Crippen molar-refractivity contribution in [2.24, 2.45) is 0 Å². The summed E-state index contributed by atoms with van der Waals surface area (Å²) in [5.74, 6) is 0.771. The van der Waals surface area contributed by atoms with Crippen molar-refractivity contribution in [1.29, 1.82) is 0 Å². The van der Waals surface area contributed by atoms with Crippen molar-refractivity contribution in [3.05, 3.63) is 29.3 Å². The van der Waals surface area contributed by atoms with Gasteiger partial charge in [-0.15, -0.1) is 0 Å². The molecular formula is C12H14O3. The standard InChI is InChI=1S/C12H14O3/c1-12(2,14)11-6-9-5-8(7-13)3-4-10(9)15-11/h3-5,7,11,14H,6H2,1-2H3/t11-/m1/s1. The molecule has 0 fully saturated rings. The highest BCUT2D eigenvalue weighted by molar-refractivity contribution is 5.75. The van der Waals surface area contributed by atoms with Crippen molar-refractivity contribution in [3.63, 3.8) is 0 Å². The molecule has 80 valence electrons. The average Bonchev–Trinajstić information content (AvgIpc) is 2.59. The van der Waals surface area contributed by atoms with Crippen LogP contribution in [0.1, 0.15) is 29.8 Å². The average molecular weight is 206 g/mol. The smallest absolute Gasteiger partial charge is 0.150 e. The number of aldehydes is 1. The van der Waals surface area contributed by atoms with Gasteiger partial charge in [-0.25, -0.2) is 0 Å². The van der Waals surface area contributed by atoms with Gasteiger partial charge in [-0.2, -0.15) is 0 Å². The summed E-state index contributed by atoms with van der Waals surface area (Å²) in [4.78, 5) is 10.6. The third kappa shape index (κ3) is 1.88. The van der Waals surface area contributed by atoms with E-state index in [2.05, 4.69) is 0 Å². The molecule has 3 heteroatoms. The van der Waals surface area contributed by atoms with E-state index in [0.29, 0.717) is 12.0 Å². The molecule has 0 saturated heterocycles. The van der Waals surface area contributed by atoms with E-state index in [-0.39, 0.29) is 6.10 Å². The molecule has 0 bridgehead atoms. The van der Waals surface area contributed by atoms with E-state index in [4.69, 9.17) is 4.74 Å². The van der Waals surface area contributed by atoms with Crippen LogP contribution in [-0.2, 0) is 6.42 Å². The minimum absolute atomic E-state index is 0.227. The van der Waals surface area contributed by atoms with Crippen LogP contribution in [-0.4, -0.2) is 23.1 Å². The monoisotopic (exact) mass is 206 g/mol. The number of aliphatic hydroxyl groups is 1. The van der Waals surface area contributed by atoms with Gasteiger partial charge in [0.15, 0.2) is 0 Å². The molecule has 0 aliphatic carbocycles.